The van der Waals surface area contributed by atoms with Crippen molar-refractivity contribution in [3.05, 3.63) is 83.2 Å². The van der Waals surface area contributed by atoms with Gasteiger partial charge in [0, 0.05) is 34.7 Å². The first kappa shape index (κ1) is 20.2. The lowest BCUT2D eigenvalue weighted by atomic mass is 9.83. The summed E-state index contributed by atoms with van der Waals surface area (Å²) in [6.45, 7) is 11.2. The number of benzene rings is 2. The normalized spacial score (nSPS) is 14.3. The summed E-state index contributed by atoms with van der Waals surface area (Å²) in [6.07, 6.45) is 4.21. The van der Waals surface area contributed by atoms with Crippen LogP contribution in [0.3, 0.4) is 0 Å². The van der Waals surface area contributed by atoms with E-state index in [1.165, 1.54) is 39.1 Å². The van der Waals surface area contributed by atoms with Crippen molar-refractivity contribution in [2.75, 3.05) is 0 Å². The number of furan rings is 1. The fourth-order valence-corrected chi connectivity index (χ4v) is 5.50. The Labute approximate surface area is 194 Å². The van der Waals surface area contributed by atoms with Crippen LogP contribution in [0.15, 0.2) is 65.3 Å². The van der Waals surface area contributed by atoms with Crippen LogP contribution in [0.4, 0.5) is 0 Å². The molecule has 2 aromatic carbocycles. The smallest absolute Gasteiger partial charge is 0.216 e. The van der Waals surface area contributed by atoms with E-state index >= 15 is 0 Å². The highest BCUT2D eigenvalue weighted by Gasteiger charge is 2.38. The van der Waals surface area contributed by atoms with Gasteiger partial charge in [0.1, 0.15) is 12.6 Å². The number of hydrogen-bond acceptors (Lipinski definition) is 2. The van der Waals surface area contributed by atoms with Gasteiger partial charge in [0.15, 0.2) is 17.4 Å². The fourth-order valence-electron chi connectivity index (χ4n) is 5.50. The number of rotatable bonds is 2. The molecule has 3 heteroatoms. The Kier molecular flexibility index (Phi) is 4.14. The Morgan fingerprint density at radius 3 is 2.52 bits per heavy atom. The number of pyridine rings is 2. The average Bonchev–Trinajstić information content (AvgIpc) is 3.27. The van der Waals surface area contributed by atoms with E-state index in [4.69, 9.17) is 9.40 Å². The molecule has 3 nitrogen and oxygen atoms in total. The Morgan fingerprint density at radius 1 is 0.939 bits per heavy atom. The molecule has 33 heavy (non-hydrogen) atoms. The van der Waals surface area contributed by atoms with Crippen LogP contribution < -0.4 is 4.57 Å². The van der Waals surface area contributed by atoms with E-state index in [1.54, 1.807) is 0 Å². The SMILES string of the molecule is Cc1ccc2c(oc3c4c(cnc32)C(C)(C)c2ccccc2-4)c1-c1cc(C(C)C)cc[n+]1C. The van der Waals surface area contributed by atoms with Crippen LogP contribution in [0, 0.1) is 6.92 Å². The number of aryl methyl sites for hydroxylation is 2. The van der Waals surface area contributed by atoms with Crippen LogP contribution >= 0.6 is 0 Å². The number of hydrogen-bond donors (Lipinski definition) is 0. The zero-order valence-electron chi connectivity index (χ0n) is 20.2. The monoisotopic (exact) mass is 433 g/mol. The lowest BCUT2D eigenvalue weighted by Crippen LogP contribution is -2.31. The highest BCUT2D eigenvalue weighted by Crippen LogP contribution is 2.52. The fraction of sp³-hybridized carbons (Fsp3) is 0.267. The van der Waals surface area contributed by atoms with E-state index in [9.17, 15) is 0 Å². The summed E-state index contributed by atoms with van der Waals surface area (Å²) in [5, 5.41) is 1.07. The molecule has 3 aromatic heterocycles. The summed E-state index contributed by atoms with van der Waals surface area (Å²) >= 11 is 0. The Bertz CT molecular complexity index is 1590. The second kappa shape index (κ2) is 6.77. The molecule has 0 radical (unpaired) electrons. The summed E-state index contributed by atoms with van der Waals surface area (Å²) in [7, 11) is 2.11. The van der Waals surface area contributed by atoms with Gasteiger partial charge in [-0.05, 0) is 46.7 Å². The Balaban J connectivity index is 1.72. The molecule has 0 saturated carbocycles. The Morgan fingerprint density at radius 2 is 1.73 bits per heavy atom. The van der Waals surface area contributed by atoms with Crippen molar-refractivity contribution < 1.29 is 8.98 Å². The number of fused-ring (bicyclic) bond motifs is 7. The van der Waals surface area contributed by atoms with Crippen LogP contribution in [0.5, 0.6) is 0 Å². The zero-order valence-corrected chi connectivity index (χ0v) is 20.2. The summed E-state index contributed by atoms with van der Waals surface area (Å²) in [5.41, 5.74) is 12.5. The minimum atomic E-state index is -0.0944. The third-order valence-electron chi connectivity index (χ3n) is 7.50. The van der Waals surface area contributed by atoms with Crippen molar-refractivity contribution in [1.82, 2.24) is 4.98 Å². The molecule has 0 spiro atoms. The van der Waals surface area contributed by atoms with Crippen LogP contribution in [-0.2, 0) is 12.5 Å². The van der Waals surface area contributed by atoms with E-state index in [0.717, 1.165) is 27.6 Å². The maximum atomic E-state index is 6.79. The van der Waals surface area contributed by atoms with Gasteiger partial charge in [-0.1, -0.05) is 58.0 Å². The lowest BCUT2D eigenvalue weighted by molar-refractivity contribution is -0.660. The van der Waals surface area contributed by atoms with Crippen molar-refractivity contribution in [3.8, 4) is 22.4 Å². The van der Waals surface area contributed by atoms with Crippen molar-refractivity contribution >= 4 is 22.1 Å². The molecule has 0 aliphatic heterocycles. The maximum Gasteiger partial charge on any atom is 0.216 e. The van der Waals surface area contributed by atoms with Gasteiger partial charge in [-0.25, -0.2) is 4.57 Å². The van der Waals surface area contributed by atoms with E-state index in [1.807, 2.05) is 0 Å². The Hall–Kier alpha value is -3.46. The van der Waals surface area contributed by atoms with Crippen LogP contribution in [-0.4, -0.2) is 4.98 Å². The summed E-state index contributed by atoms with van der Waals surface area (Å²) < 4.78 is 8.98. The van der Waals surface area contributed by atoms with Gasteiger partial charge in [0.25, 0.3) is 0 Å². The van der Waals surface area contributed by atoms with Gasteiger partial charge in [-0.3, -0.25) is 4.98 Å². The first-order chi connectivity index (χ1) is 15.8. The van der Waals surface area contributed by atoms with Gasteiger partial charge in [0.2, 0.25) is 5.69 Å². The molecule has 0 fully saturated rings. The van der Waals surface area contributed by atoms with Crippen LogP contribution in [0.1, 0.15) is 55.9 Å². The van der Waals surface area contributed by atoms with Crippen molar-refractivity contribution in [1.29, 1.82) is 0 Å². The van der Waals surface area contributed by atoms with Gasteiger partial charge < -0.3 is 4.42 Å². The third-order valence-corrected chi connectivity index (χ3v) is 7.50. The predicted molar refractivity (Wildman–Crippen MR) is 135 cm³/mol. The van der Waals surface area contributed by atoms with Crippen molar-refractivity contribution in [2.24, 2.45) is 7.05 Å². The predicted octanol–water partition coefficient (Wildman–Crippen LogP) is 7.21. The lowest BCUT2D eigenvalue weighted by Gasteiger charge is -2.20. The first-order valence-corrected chi connectivity index (χ1v) is 11.7. The van der Waals surface area contributed by atoms with E-state index < -0.39 is 0 Å². The molecular weight excluding hydrogens is 404 g/mol. The zero-order chi connectivity index (χ0) is 23.1. The molecule has 0 N–H and O–H groups in total. The number of nitrogens with zero attached hydrogens (tertiary/aromatic N) is 2. The summed E-state index contributed by atoms with van der Waals surface area (Å²) in [6, 6.07) is 17.6. The minimum absolute atomic E-state index is 0.0944. The standard InChI is InChI=1S/C30H29N2O/c1-17(2)19-13-14-32(6)24(15-19)25-18(3)11-12-21-27-29(33-28(21)25)26-20-9-7-8-10-22(20)30(4,5)23(26)16-31-27/h7-17H,1-6H3/q+1. The van der Waals surface area contributed by atoms with Crippen LogP contribution in [0.25, 0.3) is 44.5 Å². The van der Waals surface area contributed by atoms with E-state index in [2.05, 4.69) is 107 Å². The van der Waals surface area contributed by atoms with Gasteiger partial charge >= 0.3 is 0 Å². The molecule has 0 saturated heterocycles. The first-order valence-electron chi connectivity index (χ1n) is 11.7. The van der Waals surface area contributed by atoms with Crippen LogP contribution in [0.2, 0.25) is 0 Å². The highest BCUT2D eigenvalue weighted by atomic mass is 16.3. The molecule has 0 bridgehead atoms. The van der Waals surface area contributed by atoms with Gasteiger partial charge in [-0.15, -0.1) is 0 Å². The molecule has 1 aliphatic rings. The summed E-state index contributed by atoms with van der Waals surface area (Å²) in [4.78, 5) is 4.95. The molecule has 1 aliphatic carbocycles. The molecule has 0 unspecified atom stereocenters. The molecular formula is C30H29N2O+. The molecule has 3 heterocycles. The molecule has 0 amide bonds. The molecule has 164 valence electrons. The highest BCUT2D eigenvalue weighted by molar-refractivity contribution is 6.12. The van der Waals surface area contributed by atoms with E-state index in [-0.39, 0.29) is 5.41 Å². The molecule has 6 rings (SSSR count). The van der Waals surface area contributed by atoms with E-state index in [0.29, 0.717) is 5.92 Å². The second-order valence-electron chi connectivity index (χ2n) is 10.2. The maximum absolute atomic E-state index is 6.79. The minimum Gasteiger partial charge on any atom is -0.453 e. The van der Waals surface area contributed by atoms with Crippen molar-refractivity contribution in [2.45, 2.75) is 46.0 Å². The summed E-state index contributed by atoms with van der Waals surface area (Å²) in [5.74, 6) is 0.462. The average molecular weight is 434 g/mol. The molecule has 0 atom stereocenters. The largest absolute Gasteiger partial charge is 0.453 e. The number of aromatic nitrogens is 2. The van der Waals surface area contributed by atoms with Gasteiger partial charge in [0.05, 0.1) is 5.56 Å². The quantitative estimate of drug-likeness (QED) is 0.275. The third kappa shape index (κ3) is 2.68. The van der Waals surface area contributed by atoms with Gasteiger partial charge in [-0.2, -0.15) is 0 Å². The topological polar surface area (TPSA) is 29.9 Å². The second-order valence-corrected chi connectivity index (χ2v) is 10.2. The molecule has 5 aromatic rings. The van der Waals surface area contributed by atoms with Crippen molar-refractivity contribution in [3.63, 3.8) is 0 Å².